The third-order valence-corrected chi connectivity index (χ3v) is 3.85. The second-order valence-corrected chi connectivity index (χ2v) is 5.36. The zero-order valence-corrected chi connectivity index (χ0v) is 11.7. The molecule has 1 N–H and O–H groups in total. The van der Waals surface area contributed by atoms with Crippen LogP contribution in [-0.4, -0.2) is 12.3 Å². The van der Waals surface area contributed by atoms with Crippen molar-refractivity contribution in [1.29, 1.82) is 0 Å². The van der Waals surface area contributed by atoms with Crippen molar-refractivity contribution in [1.82, 2.24) is 0 Å². The third kappa shape index (κ3) is 4.28. The lowest BCUT2D eigenvalue weighted by molar-refractivity contribution is 1.22. The van der Waals surface area contributed by atoms with E-state index < -0.39 is 0 Å². The van der Waals surface area contributed by atoms with Gasteiger partial charge in [-0.3, -0.25) is 0 Å². The molecule has 0 bridgehead atoms. The molecule has 0 aromatic heterocycles. The molecule has 0 radical (unpaired) electrons. The molecule has 94 valence electrons. The number of alkyl halides is 1. The molecule has 2 rings (SSSR count). The fraction of sp³-hybridized carbons (Fsp3) is 0.200. The smallest absolute Gasteiger partial charge is 0.0474 e. The largest absolute Gasteiger partial charge is 0.384 e. The van der Waals surface area contributed by atoms with E-state index in [1.54, 1.807) is 0 Å². The highest BCUT2D eigenvalue weighted by Crippen LogP contribution is 2.17. The number of hydrogen-bond acceptors (Lipinski definition) is 2. The molecule has 2 aromatic rings. The molecule has 0 aliphatic heterocycles. The van der Waals surface area contributed by atoms with Crippen LogP contribution < -0.4 is 5.32 Å². The van der Waals surface area contributed by atoms with Gasteiger partial charge in [-0.15, -0.1) is 23.4 Å². The van der Waals surface area contributed by atoms with Crippen molar-refractivity contribution < 1.29 is 0 Å². The van der Waals surface area contributed by atoms with Crippen molar-refractivity contribution in [2.24, 2.45) is 0 Å². The van der Waals surface area contributed by atoms with Crippen LogP contribution in [0.3, 0.4) is 0 Å². The minimum absolute atomic E-state index is 0.564. The first-order valence-electron chi connectivity index (χ1n) is 5.95. The van der Waals surface area contributed by atoms with E-state index in [9.17, 15) is 0 Å². The Kier molecular flexibility index (Phi) is 5.43. The number of thioether (sulfide) groups is 1. The molecule has 0 aliphatic rings. The zero-order chi connectivity index (χ0) is 12.6. The minimum Gasteiger partial charge on any atom is -0.384 e. The van der Waals surface area contributed by atoms with Gasteiger partial charge in [0.05, 0.1) is 0 Å². The Labute approximate surface area is 118 Å². The zero-order valence-electron chi connectivity index (χ0n) is 10.1. The second-order valence-electron chi connectivity index (χ2n) is 3.92. The second kappa shape index (κ2) is 7.34. The van der Waals surface area contributed by atoms with Crippen LogP contribution in [0.5, 0.6) is 0 Å². The van der Waals surface area contributed by atoms with Gasteiger partial charge in [0.15, 0.2) is 0 Å². The van der Waals surface area contributed by atoms with Crippen LogP contribution in [0.1, 0.15) is 5.56 Å². The van der Waals surface area contributed by atoms with Crippen molar-refractivity contribution in [3.8, 4) is 0 Å². The number of hydrogen-bond donors (Lipinski definition) is 1. The van der Waals surface area contributed by atoms with Gasteiger partial charge >= 0.3 is 0 Å². The van der Waals surface area contributed by atoms with Gasteiger partial charge in [0, 0.05) is 28.8 Å². The van der Waals surface area contributed by atoms with Gasteiger partial charge < -0.3 is 5.32 Å². The van der Waals surface area contributed by atoms with E-state index >= 15 is 0 Å². The molecule has 0 saturated carbocycles. The fourth-order valence-electron chi connectivity index (χ4n) is 1.65. The Morgan fingerprint density at radius 2 is 1.83 bits per heavy atom. The molecule has 18 heavy (non-hydrogen) atoms. The average Bonchev–Trinajstić information content (AvgIpc) is 2.45. The third-order valence-electron chi connectivity index (χ3n) is 2.52. The van der Waals surface area contributed by atoms with Crippen molar-refractivity contribution in [3.05, 3.63) is 60.2 Å². The van der Waals surface area contributed by atoms with Crippen molar-refractivity contribution in [3.63, 3.8) is 0 Å². The van der Waals surface area contributed by atoms with Gasteiger partial charge in [-0.1, -0.05) is 30.3 Å². The van der Waals surface area contributed by atoms with Crippen molar-refractivity contribution >= 4 is 29.1 Å². The number of anilines is 1. The number of rotatable bonds is 6. The maximum Gasteiger partial charge on any atom is 0.0474 e. The van der Waals surface area contributed by atoms with Crippen LogP contribution in [0.2, 0.25) is 0 Å². The fourth-order valence-corrected chi connectivity index (χ4v) is 2.60. The predicted octanol–water partition coefficient (Wildman–Crippen LogP) is 4.63. The molecule has 1 nitrogen and oxygen atoms in total. The molecule has 0 heterocycles. The number of benzene rings is 2. The normalized spacial score (nSPS) is 10.3. The Bertz CT molecular complexity index is 473. The van der Waals surface area contributed by atoms with Gasteiger partial charge in [0.1, 0.15) is 0 Å². The maximum atomic E-state index is 5.81. The van der Waals surface area contributed by atoms with E-state index in [-0.39, 0.29) is 0 Å². The van der Waals surface area contributed by atoms with Crippen LogP contribution in [0.25, 0.3) is 0 Å². The van der Waals surface area contributed by atoms with E-state index in [0.29, 0.717) is 5.88 Å². The Morgan fingerprint density at radius 1 is 1.00 bits per heavy atom. The minimum atomic E-state index is 0.564. The highest BCUT2D eigenvalue weighted by molar-refractivity contribution is 7.99. The predicted molar refractivity (Wildman–Crippen MR) is 81.7 cm³/mol. The SMILES string of the molecule is ClCc1cccc(NCCSc2ccccc2)c1. The summed E-state index contributed by atoms with van der Waals surface area (Å²) in [5, 5.41) is 3.41. The molecule has 0 spiro atoms. The van der Waals surface area contributed by atoms with E-state index in [0.717, 1.165) is 23.5 Å². The highest BCUT2D eigenvalue weighted by Gasteiger charge is 1.95. The Balaban J connectivity index is 1.75. The summed E-state index contributed by atoms with van der Waals surface area (Å²) in [5.41, 5.74) is 2.29. The lowest BCUT2D eigenvalue weighted by Gasteiger charge is -2.07. The summed E-state index contributed by atoms with van der Waals surface area (Å²) in [6, 6.07) is 18.7. The first kappa shape index (κ1) is 13.3. The molecular weight excluding hydrogens is 262 g/mol. The lowest BCUT2D eigenvalue weighted by Crippen LogP contribution is -2.04. The molecule has 3 heteroatoms. The van der Waals surface area contributed by atoms with Crippen LogP contribution in [0, 0.1) is 0 Å². The van der Waals surface area contributed by atoms with Crippen LogP contribution in [0.15, 0.2) is 59.5 Å². The first-order valence-corrected chi connectivity index (χ1v) is 7.47. The molecule has 0 unspecified atom stereocenters. The summed E-state index contributed by atoms with van der Waals surface area (Å²) >= 11 is 7.67. The molecule has 0 saturated heterocycles. The summed E-state index contributed by atoms with van der Waals surface area (Å²) < 4.78 is 0. The van der Waals surface area contributed by atoms with Gasteiger partial charge in [-0.25, -0.2) is 0 Å². The number of halogens is 1. The number of nitrogens with one attached hydrogen (secondary N) is 1. The van der Waals surface area contributed by atoms with Crippen LogP contribution in [-0.2, 0) is 5.88 Å². The summed E-state index contributed by atoms with van der Waals surface area (Å²) in [6.07, 6.45) is 0. The highest BCUT2D eigenvalue weighted by atomic mass is 35.5. The molecule has 0 amide bonds. The summed E-state index contributed by atoms with van der Waals surface area (Å²) in [4.78, 5) is 1.31. The van der Waals surface area contributed by atoms with Crippen LogP contribution in [0.4, 0.5) is 5.69 Å². The van der Waals surface area contributed by atoms with Gasteiger partial charge in [0.25, 0.3) is 0 Å². The van der Waals surface area contributed by atoms with Gasteiger partial charge in [-0.2, -0.15) is 0 Å². The molecule has 2 aromatic carbocycles. The summed E-state index contributed by atoms with van der Waals surface area (Å²) in [6.45, 7) is 0.950. The van der Waals surface area contributed by atoms with Gasteiger partial charge in [-0.05, 0) is 29.8 Å². The van der Waals surface area contributed by atoms with E-state index in [1.165, 1.54) is 4.90 Å². The lowest BCUT2D eigenvalue weighted by atomic mass is 10.2. The summed E-state index contributed by atoms with van der Waals surface area (Å²) in [7, 11) is 0. The van der Waals surface area contributed by atoms with E-state index in [2.05, 4.69) is 41.7 Å². The average molecular weight is 278 g/mol. The Morgan fingerprint density at radius 3 is 2.61 bits per heavy atom. The Hall–Kier alpha value is -1.12. The van der Waals surface area contributed by atoms with Crippen molar-refractivity contribution in [2.75, 3.05) is 17.6 Å². The topological polar surface area (TPSA) is 12.0 Å². The van der Waals surface area contributed by atoms with E-state index in [1.807, 2.05) is 30.0 Å². The van der Waals surface area contributed by atoms with Crippen LogP contribution >= 0.6 is 23.4 Å². The standard InChI is InChI=1S/C15H16ClNS/c16-12-13-5-4-6-14(11-13)17-9-10-18-15-7-2-1-3-8-15/h1-8,11,17H,9-10,12H2. The molecule has 0 fully saturated rings. The monoisotopic (exact) mass is 277 g/mol. The molecular formula is C15H16ClNS. The van der Waals surface area contributed by atoms with Gasteiger partial charge in [0.2, 0.25) is 0 Å². The quantitative estimate of drug-likeness (QED) is 0.469. The summed E-state index contributed by atoms with van der Waals surface area (Å²) in [5.74, 6) is 1.61. The van der Waals surface area contributed by atoms with E-state index in [4.69, 9.17) is 11.6 Å². The molecule has 0 aliphatic carbocycles. The first-order chi connectivity index (χ1) is 8.88. The van der Waals surface area contributed by atoms with Crippen molar-refractivity contribution in [2.45, 2.75) is 10.8 Å². The molecule has 0 atom stereocenters. The maximum absolute atomic E-state index is 5.81.